The third-order valence-electron chi connectivity index (χ3n) is 3.09. The molecule has 0 spiro atoms. The highest BCUT2D eigenvalue weighted by Gasteiger charge is 2.07. The van der Waals surface area contributed by atoms with Gasteiger partial charge in [-0.2, -0.15) is 0 Å². The van der Waals surface area contributed by atoms with E-state index in [1.54, 1.807) is 7.11 Å². The van der Waals surface area contributed by atoms with Crippen molar-refractivity contribution in [2.45, 2.75) is 13.0 Å². The molecule has 0 aliphatic heterocycles. The molecular formula is C15H21ClN2O2. The van der Waals surface area contributed by atoms with Gasteiger partial charge in [0, 0.05) is 36.9 Å². The van der Waals surface area contributed by atoms with Crippen LogP contribution in [0.2, 0.25) is 5.02 Å². The van der Waals surface area contributed by atoms with Gasteiger partial charge in [-0.25, -0.2) is 0 Å². The molecule has 0 bridgehead atoms. The minimum atomic E-state index is 0.651. The van der Waals surface area contributed by atoms with E-state index in [2.05, 4.69) is 10.3 Å². The summed E-state index contributed by atoms with van der Waals surface area (Å²) >= 11 is 6.34. The number of halogens is 1. The molecule has 0 aliphatic carbocycles. The van der Waals surface area contributed by atoms with Crippen LogP contribution in [0.15, 0.2) is 24.3 Å². The van der Waals surface area contributed by atoms with Gasteiger partial charge >= 0.3 is 0 Å². The second-order valence-electron chi connectivity index (χ2n) is 4.60. The molecule has 5 heteroatoms. The molecule has 0 unspecified atom stereocenters. The number of aromatic nitrogens is 1. The van der Waals surface area contributed by atoms with Crippen molar-refractivity contribution in [3.63, 3.8) is 0 Å². The Morgan fingerprint density at radius 1 is 1.20 bits per heavy atom. The summed E-state index contributed by atoms with van der Waals surface area (Å²) in [6, 6.07) is 8.07. The van der Waals surface area contributed by atoms with Crippen LogP contribution in [0.25, 0.3) is 10.9 Å². The van der Waals surface area contributed by atoms with Crippen molar-refractivity contribution in [1.82, 2.24) is 10.3 Å². The lowest BCUT2D eigenvalue weighted by Crippen LogP contribution is -2.17. The Morgan fingerprint density at radius 3 is 2.85 bits per heavy atom. The second-order valence-corrected chi connectivity index (χ2v) is 4.98. The van der Waals surface area contributed by atoms with Gasteiger partial charge in [0.15, 0.2) is 0 Å². The van der Waals surface area contributed by atoms with E-state index >= 15 is 0 Å². The van der Waals surface area contributed by atoms with Gasteiger partial charge in [-0.1, -0.05) is 29.8 Å². The Hall–Kier alpha value is -1.07. The SMILES string of the molecule is COCCOCCCNCc1[nH]c2ccccc2c1Cl. The van der Waals surface area contributed by atoms with Gasteiger partial charge in [0.2, 0.25) is 0 Å². The van der Waals surface area contributed by atoms with E-state index in [4.69, 9.17) is 21.1 Å². The van der Waals surface area contributed by atoms with Crippen LogP contribution in [0, 0.1) is 0 Å². The maximum atomic E-state index is 6.34. The maximum absolute atomic E-state index is 6.34. The minimum Gasteiger partial charge on any atom is -0.382 e. The quantitative estimate of drug-likeness (QED) is 0.699. The molecule has 1 aromatic carbocycles. The number of H-pyrrole nitrogens is 1. The van der Waals surface area contributed by atoms with Crippen molar-refractivity contribution in [2.24, 2.45) is 0 Å². The molecule has 4 nitrogen and oxygen atoms in total. The molecule has 1 heterocycles. The predicted molar refractivity (Wildman–Crippen MR) is 82.3 cm³/mol. The lowest BCUT2D eigenvalue weighted by Gasteiger charge is -2.05. The number of hydrogen-bond acceptors (Lipinski definition) is 3. The van der Waals surface area contributed by atoms with Gasteiger partial charge in [0.05, 0.1) is 18.2 Å². The van der Waals surface area contributed by atoms with Crippen molar-refractivity contribution in [3.05, 3.63) is 35.0 Å². The summed E-state index contributed by atoms with van der Waals surface area (Å²) in [5.41, 5.74) is 2.12. The van der Waals surface area contributed by atoms with Crippen LogP contribution in [-0.4, -0.2) is 38.5 Å². The first-order chi connectivity index (χ1) is 9.83. The normalized spacial score (nSPS) is 11.3. The standard InChI is InChI=1S/C15H21ClN2O2/c1-19-9-10-20-8-4-7-17-11-14-15(16)12-5-2-3-6-13(12)18-14/h2-3,5-6,17-18H,4,7-11H2,1H3. The Morgan fingerprint density at radius 2 is 2.05 bits per heavy atom. The Labute approximate surface area is 124 Å². The van der Waals surface area contributed by atoms with Crippen LogP contribution < -0.4 is 5.32 Å². The molecule has 110 valence electrons. The summed E-state index contributed by atoms with van der Waals surface area (Å²) < 4.78 is 10.3. The average molecular weight is 297 g/mol. The second kappa shape index (κ2) is 8.27. The van der Waals surface area contributed by atoms with E-state index in [9.17, 15) is 0 Å². The van der Waals surface area contributed by atoms with Gasteiger partial charge in [0.25, 0.3) is 0 Å². The largest absolute Gasteiger partial charge is 0.382 e. The summed E-state index contributed by atoms with van der Waals surface area (Å²) in [4.78, 5) is 3.34. The van der Waals surface area contributed by atoms with Crippen LogP contribution in [0.1, 0.15) is 12.1 Å². The molecule has 0 saturated heterocycles. The lowest BCUT2D eigenvalue weighted by atomic mass is 10.2. The molecule has 2 rings (SSSR count). The number of rotatable bonds is 9. The van der Waals surface area contributed by atoms with E-state index < -0.39 is 0 Å². The number of aromatic amines is 1. The molecular weight excluding hydrogens is 276 g/mol. The Balaban J connectivity index is 1.69. The smallest absolute Gasteiger partial charge is 0.0705 e. The number of methoxy groups -OCH3 is 1. The first-order valence-electron chi connectivity index (χ1n) is 6.85. The summed E-state index contributed by atoms with van der Waals surface area (Å²) in [5, 5.41) is 5.25. The van der Waals surface area contributed by atoms with E-state index in [-0.39, 0.29) is 0 Å². The zero-order valence-electron chi connectivity index (χ0n) is 11.7. The first-order valence-corrected chi connectivity index (χ1v) is 7.23. The van der Waals surface area contributed by atoms with Crippen molar-refractivity contribution in [2.75, 3.05) is 33.5 Å². The number of nitrogens with one attached hydrogen (secondary N) is 2. The van der Waals surface area contributed by atoms with Gasteiger partial charge in [0.1, 0.15) is 0 Å². The van der Waals surface area contributed by atoms with Crippen LogP contribution in [-0.2, 0) is 16.0 Å². The predicted octanol–water partition coefficient (Wildman–Crippen LogP) is 2.96. The molecule has 0 fully saturated rings. The summed E-state index contributed by atoms with van der Waals surface area (Å²) in [6.45, 7) is 3.70. The fourth-order valence-electron chi connectivity index (χ4n) is 2.04. The first kappa shape index (κ1) is 15.3. The highest BCUT2D eigenvalue weighted by Crippen LogP contribution is 2.26. The fourth-order valence-corrected chi connectivity index (χ4v) is 2.32. The van der Waals surface area contributed by atoms with Gasteiger partial charge in [-0.15, -0.1) is 0 Å². The van der Waals surface area contributed by atoms with Crippen molar-refractivity contribution >= 4 is 22.5 Å². The molecule has 0 saturated carbocycles. The number of hydrogen-bond donors (Lipinski definition) is 2. The molecule has 0 radical (unpaired) electrons. The molecule has 0 amide bonds. The zero-order valence-corrected chi connectivity index (χ0v) is 12.5. The number of para-hydroxylation sites is 1. The molecule has 0 atom stereocenters. The minimum absolute atomic E-state index is 0.651. The third-order valence-corrected chi connectivity index (χ3v) is 3.52. The number of benzene rings is 1. The maximum Gasteiger partial charge on any atom is 0.0705 e. The summed E-state index contributed by atoms with van der Waals surface area (Å²) in [5.74, 6) is 0. The van der Waals surface area contributed by atoms with Gasteiger partial charge in [-0.3, -0.25) is 0 Å². The highest BCUT2D eigenvalue weighted by atomic mass is 35.5. The number of ether oxygens (including phenoxy) is 2. The molecule has 2 aromatic rings. The lowest BCUT2D eigenvalue weighted by molar-refractivity contribution is 0.0694. The van der Waals surface area contributed by atoms with E-state index in [1.807, 2.05) is 24.3 Å². The molecule has 20 heavy (non-hydrogen) atoms. The van der Waals surface area contributed by atoms with Crippen LogP contribution in [0.5, 0.6) is 0 Å². The Bertz CT molecular complexity index is 528. The van der Waals surface area contributed by atoms with Crippen molar-refractivity contribution in [1.29, 1.82) is 0 Å². The highest BCUT2D eigenvalue weighted by molar-refractivity contribution is 6.36. The van der Waals surface area contributed by atoms with Crippen LogP contribution >= 0.6 is 11.6 Å². The molecule has 2 N–H and O–H groups in total. The van der Waals surface area contributed by atoms with E-state index in [1.165, 1.54) is 0 Å². The average Bonchev–Trinajstić information content (AvgIpc) is 2.79. The van der Waals surface area contributed by atoms with Crippen molar-refractivity contribution < 1.29 is 9.47 Å². The van der Waals surface area contributed by atoms with E-state index in [0.717, 1.165) is 47.7 Å². The summed E-state index contributed by atoms with van der Waals surface area (Å²) in [7, 11) is 1.68. The number of fused-ring (bicyclic) bond motifs is 1. The van der Waals surface area contributed by atoms with Gasteiger partial charge < -0.3 is 19.8 Å². The summed E-state index contributed by atoms with van der Waals surface area (Å²) in [6.07, 6.45) is 0.974. The molecule has 1 aromatic heterocycles. The monoisotopic (exact) mass is 296 g/mol. The molecule has 0 aliphatic rings. The van der Waals surface area contributed by atoms with Crippen LogP contribution in [0.4, 0.5) is 0 Å². The fraction of sp³-hybridized carbons (Fsp3) is 0.467. The third kappa shape index (κ3) is 4.21. The van der Waals surface area contributed by atoms with E-state index in [0.29, 0.717) is 13.2 Å². The Kier molecular flexibility index (Phi) is 6.33. The zero-order chi connectivity index (χ0) is 14.2. The van der Waals surface area contributed by atoms with Gasteiger partial charge in [-0.05, 0) is 19.0 Å². The van der Waals surface area contributed by atoms with Crippen molar-refractivity contribution in [3.8, 4) is 0 Å². The topological polar surface area (TPSA) is 46.3 Å². The van der Waals surface area contributed by atoms with Crippen LogP contribution in [0.3, 0.4) is 0 Å².